The van der Waals surface area contributed by atoms with Crippen LogP contribution in [0.3, 0.4) is 0 Å². The van der Waals surface area contributed by atoms with Crippen molar-refractivity contribution in [3.8, 4) is 0 Å². The number of allylic oxidation sites excluding steroid dienone is 1. The number of nitrogens with zero attached hydrogens (tertiary/aromatic N) is 3. The molecule has 140 valence electrons. The van der Waals surface area contributed by atoms with Gasteiger partial charge in [0.05, 0.1) is 18.1 Å². The molecule has 1 saturated heterocycles. The molecule has 1 unspecified atom stereocenters. The molecule has 5 nitrogen and oxygen atoms in total. The first-order valence-electron chi connectivity index (χ1n) is 7.63. The van der Waals surface area contributed by atoms with E-state index in [9.17, 15) is 22.4 Å². The Kier molecular flexibility index (Phi) is 4.60. The first-order chi connectivity index (χ1) is 12.1. The molecule has 0 bridgehead atoms. The second-order valence-corrected chi connectivity index (χ2v) is 6.65. The largest absolute Gasteiger partial charge is 0.377 e. The van der Waals surface area contributed by atoms with Crippen LogP contribution in [0, 0.1) is 0 Å². The lowest BCUT2D eigenvalue weighted by atomic mass is 10.1. The van der Waals surface area contributed by atoms with Crippen LogP contribution in [0.15, 0.2) is 35.4 Å². The fraction of sp³-hybridized carbons (Fsp3) is 0.375. The van der Waals surface area contributed by atoms with Crippen molar-refractivity contribution < 1.29 is 17.6 Å². The topological polar surface area (TPSA) is 49.6 Å². The standard InChI is InChI=1S/C16H15ClF4N4O/c1-8(2)22-13(14(18)19)10-3-9(17)5-25-12(26)4-11(23-15(10)25)24-6-16(20,21)7-24/h3-5,13-14,22H,1,6-7H2,2H3. The van der Waals surface area contributed by atoms with E-state index < -0.39 is 37.0 Å². The van der Waals surface area contributed by atoms with Gasteiger partial charge in [-0.15, -0.1) is 0 Å². The van der Waals surface area contributed by atoms with Gasteiger partial charge < -0.3 is 10.2 Å². The summed E-state index contributed by atoms with van der Waals surface area (Å²) in [5.41, 5.74) is -0.422. The lowest BCUT2D eigenvalue weighted by Crippen LogP contribution is -2.57. The van der Waals surface area contributed by atoms with Crippen LogP contribution in [0.5, 0.6) is 0 Å². The zero-order chi connectivity index (χ0) is 19.2. The smallest absolute Gasteiger partial charge is 0.282 e. The summed E-state index contributed by atoms with van der Waals surface area (Å²) < 4.78 is 54.4. The Labute approximate surface area is 150 Å². The van der Waals surface area contributed by atoms with Gasteiger partial charge in [0.15, 0.2) is 0 Å². The Morgan fingerprint density at radius 3 is 2.58 bits per heavy atom. The zero-order valence-corrected chi connectivity index (χ0v) is 14.4. The van der Waals surface area contributed by atoms with E-state index in [1.54, 1.807) is 0 Å². The van der Waals surface area contributed by atoms with E-state index in [2.05, 4.69) is 16.9 Å². The Hall–Kier alpha value is -2.29. The van der Waals surface area contributed by atoms with Crippen LogP contribution in [-0.2, 0) is 0 Å². The van der Waals surface area contributed by atoms with Gasteiger partial charge in [0, 0.05) is 23.5 Å². The minimum Gasteiger partial charge on any atom is -0.377 e. The van der Waals surface area contributed by atoms with Crippen LogP contribution >= 0.6 is 11.6 Å². The summed E-state index contributed by atoms with van der Waals surface area (Å²) in [7, 11) is 0. The molecule has 1 aliphatic heterocycles. The number of hydrogen-bond acceptors (Lipinski definition) is 4. The molecule has 2 aromatic rings. The number of pyridine rings is 1. The monoisotopic (exact) mass is 390 g/mol. The normalized spacial score (nSPS) is 17.3. The molecule has 10 heteroatoms. The van der Waals surface area contributed by atoms with Crippen LogP contribution in [0.1, 0.15) is 18.5 Å². The maximum Gasteiger partial charge on any atom is 0.282 e. The van der Waals surface area contributed by atoms with Crippen LogP contribution in [0.2, 0.25) is 5.02 Å². The summed E-state index contributed by atoms with van der Waals surface area (Å²) in [5, 5.41) is 2.60. The number of halogens is 5. The quantitative estimate of drug-likeness (QED) is 0.796. The number of hydrogen-bond donors (Lipinski definition) is 1. The Morgan fingerprint density at radius 1 is 1.38 bits per heavy atom. The maximum atomic E-state index is 13.6. The summed E-state index contributed by atoms with van der Waals surface area (Å²) in [4.78, 5) is 17.7. The predicted octanol–water partition coefficient (Wildman–Crippen LogP) is 3.23. The second-order valence-electron chi connectivity index (χ2n) is 6.21. The predicted molar refractivity (Wildman–Crippen MR) is 90.3 cm³/mol. The highest BCUT2D eigenvalue weighted by Crippen LogP contribution is 2.32. The Bertz CT molecular complexity index is 922. The Balaban J connectivity index is 2.17. The molecular formula is C16H15ClF4N4O. The molecule has 26 heavy (non-hydrogen) atoms. The first-order valence-corrected chi connectivity index (χ1v) is 8.01. The van der Waals surface area contributed by atoms with E-state index >= 15 is 0 Å². The minimum absolute atomic E-state index is 0.00726. The van der Waals surface area contributed by atoms with Crippen molar-refractivity contribution in [2.75, 3.05) is 18.0 Å². The van der Waals surface area contributed by atoms with Crippen molar-refractivity contribution >= 4 is 23.1 Å². The van der Waals surface area contributed by atoms with Crippen molar-refractivity contribution in [3.63, 3.8) is 0 Å². The highest BCUT2D eigenvalue weighted by molar-refractivity contribution is 6.30. The number of nitrogens with one attached hydrogen (secondary N) is 1. The molecular weight excluding hydrogens is 376 g/mol. The first kappa shape index (κ1) is 18.5. The summed E-state index contributed by atoms with van der Waals surface area (Å²) in [6.07, 6.45) is -1.60. The highest BCUT2D eigenvalue weighted by atomic mass is 35.5. The molecule has 0 aromatic carbocycles. The van der Waals surface area contributed by atoms with Gasteiger partial charge in [0.25, 0.3) is 17.9 Å². The molecule has 0 radical (unpaired) electrons. The average molecular weight is 391 g/mol. The Morgan fingerprint density at radius 2 is 2.04 bits per heavy atom. The summed E-state index contributed by atoms with van der Waals surface area (Å²) in [6, 6.07) is 0.831. The van der Waals surface area contributed by atoms with E-state index in [0.717, 1.165) is 10.5 Å². The van der Waals surface area contributed by atoms with Crippen molar-refractivity contribution in [1.82, 2.24) is 14.7 Å². The average Bonchev–Trinajstić information content (AvgIpc) is 2.49. The van der Waals surface area contributed by atoms with Gasteiger partial charge in [0.2, 0.25) is 0 Å². The second kappa shape index (κ2) is 6.46. The van der Waals surface area contributed by atoms with Crippen LogP contribution in [-0.4, -0.2) is 34.8 Å². The van der Waals surface area contributed by atoms with Crippen molar-refractivity contribution in [1.29, 1.82) is 0 Å². The van der Waals surface area contributed by atoms with Gasteiger partial charge in [-0.2, -0.15) is 0 Å². The lowest BCUT2D eigenvalue weighted by Gasteiger charge is -2.39. The van der Waals surface area contributed by atoms with E-state index in [1.807, 2.05) is 0 Å². The number of alkyl halides is 4. The van der Waals surface area contributed by atoms with Gasteiger partial charge in [-0.25, -0.2) is 22.5 Å². The number of fused-ring (bicyclic) bond motifs is 1. The SMILES string of the molecule is C=C(C)NC(c1cc(Cl)cn2c(=O)cc(N3CC(F)(F)C3)nc12)C(F)F. The van der Waals surface area contributed by atoms with Crippen LogP contribution in [0.25, 0.3) is 5.65 Å². The molecule has 0 aliphatic carbocycles. The number of anilines is 1. The van der Waals surface area contributed by atoms with E-state index in [-0.39, 0.29) is 27.7 Å². The molecule has 1 N–H and O–H groups in total. The van der Waals surface area contributed by atoms with Gasteiger partial charge in [0.1, 0.15) is 17.5 Å². The van der Waals surface area contributed by atoms with Gasteiger partial charge in [-0.3, -0.25) is 9.20 Å². The third-order valence-corrected chi connectivity index (χ3v) is 4.11. The van der Waals surface area contributed by atoms with Crippen LogP contribution < -0.4 is 15.8 Å². The molecule has 1 fully saturated rings. The van der Waals surface area contributed by atoms with Crippen molar-refractivity contribution in [2.24, 2.45) is 0 Å². The van der Waals surface area contributed by atoms with Crippen LogP contribution in [0.4, 0.5) is 23.4 Å². The van der Waals surface area contributed by atoms with Gasteiger partial charge in [-0.05, 0) is 13.0 Å². The molecule has 0 amide bonds. The fourth-order valence-electron chi connectivity index (χ4n) is 2.79. The molecule has 3 rings (SSSR count). The molecule has 2 aromatic heterocycles. The summed E-state index contributed by atoms with van der Waals surface area (Å²) >= 11 is 5.97. The third kappa shape index (κ3) is 3.48. The maximum absolute atomic E-state index is 13.6. The molecule has 0 spiro atoms. The lowest BCUT2D eigenvalue weighted by molar-refractivity contribution is -0.0267. The number of aromatic nitrogens is 2. The zero-order valence-electron chi connectivity index (χ0n) is 13.6. The molecule has 1 atom stereocenters. The van der Waals surface area contributed by atoms with Gasteiger partial charge >= 0.3 is 0 Å². The fourth-order valence-corrected chi connectivity index (χ4v) is 3.00. The third-order valence-electron chi connectivity index (χ3n) is 3.90. The summed E-state index contributed by atoms with van der Waals surface area (Å²) in [5.74, 6) is -2.85. The molecule has 1 aliphatic rings. The van der Waals surface area contributed by atoms with E-state index in [1.165, 1.54) is 24.1 Å². The van der Waals surface area contributed by atoms with E-state index in [4.69, 9.17) is 11.6 Å². The molecule has 3 heterocycles. The molecule has 0 saturated carbocycles. The van der Waals surface area contributed by atoms with Gasteiger partial charge in [-0.1, -0.05) is 18.2 Å². The number of rotatable bonds is 5. The highest BCUT2D eigenvalue weighted by Gasteiger charge is 2.44. The van der Waals surface area contributed by atoms with E-state index in [0.29, 0.717) is 0 Å². The summed E-state index contributed by atoms with van der Waals surface area (Å²) in [6.45, 7) is 3.89. The van der Waals surface area contributed by atoms with Crippen molar-refractivity contribution in [2.45, 2.75) is 25.3 Å². The van der Waals surface area contributed by atoms with Crippen molar-refractivity contribution in [3.05, 3.63) is 51.5 Å². The minimum atomic E-state index is -2.86.